The van der Waals surface area contributed by atoms with Crippen molar-refractivity contribution in [2.24, 2.45) is 0 Å². The first-order valence-electron chi connectivity index (χ1n) is 7.84. The fourth-order valence-corrected chi connectivity index (χ4v) is 6.50. The third-order valence-electron chi connectivity index (χ3n) is 3.62. The fourth-order valence-electron chi connectivity index (χ4n) is 2.39. The van der Waals surface area contributed by atoms with E-state index in [1.807, 2.05) is 0 Å². The van der Waals surface area contributed by atoms with Crippen LogP contribution in [0.1, 0.15) is 0 Å². The molecule has 146 valence electrons. The van der Waals surface area contributed by atoms with Crippen LogP contribution in [0.15, 0.2) is 91.5 Å². The van der Waals surface area contributed by atoms with Crippen LogP contribution in [0.3, 0.4) is 0 Å². The average Bonchev–Trinajstić information content (AvgIpc) is 2.61. The number of sulfonamides is 2. The molecule has 3 aromatic rings. The molecule has 0 atom stereocenters. The zero-order chi connectivity index (χ0) is 20.4. The molecule has 0 fully saturated rings. The highest BCUT2D eigenvalue weighted by Gasteiger charge is 2.19. The first-order chi connectivity index (χ1) is 13.2. The van der Waals surface area contributed by atoms with Gasteiger partial charge in [0.05, 0.1) is 11.4 Å². The van der Waals surface area contributed by atoms with Crippen LogP contribution in [0.25, 0.3) is 0 Å². The maximum atomic E-state index is 12.6. The topological polar surface area (TPSA) is 92.3 Å². The Labute approximate surface area is 180 Å². The zero-order valence-electron chi connectivity index (χ0n) is 14.1. The van der Waals surface area contributed by atoms with Crippen LogP contribution in [-0.4, -0.2) is 16.8 Å². The van der Waals surface area contributed by atoms with Gasteiger partial charge >= 0.3 is 0 Å². The van der Waals surface area contributed by atoms with Crippen molar-refractivity contribution in [3.63, 3.8) is 0 Å². The van der Waals surface area contributed by atoms with E-state index < -0.39 is 20.0 Å². The lowest BCUT2D eigenvalue weighted by Crippen LogP contribution is -2.15. The first kappa shape index (κ1) is 20.8. The maximum absolute atomic E-state index is 12.6. The van der Waals surface area contributed by atoms with Crippen molar-refractivity contribution in [3.05, 3.63) is 81.7 Å². The largest absolute Gasteiger partial charge is 0.280 e. The van der Waals surface area contributed by atoms with E-state index in [-0.39, 0.29) is 21.2 Å². The Morgan fingerprint density at radius 3 is 1.36 bits per heavy atom. The molecule has 0 saturated heterocycles. The second-order valence-electron chi connectivity index (χ2n) is 5.65. The summed E-state index contributed by atoms with van der Waals surface area (Å²) in [6, 6.07) is 18.8. The van der Waals surface area contributed by atoms with Crippen molar-refractivity contribution < 1.29 is 16.8 Å². The summed E-state index contributed by atoms with van der Waals surface area (Å²) in [6.07, 6.45) is 0. The predicted octanol–water partition coefficient (Wildman–Crippen LogP) is 4.81. The minimum absolute atomic E-state index is 0.0780. The van der Waals surface area contributed by atoms with E-state index in [0.29, 0.717) is 8.95 Å². The quantitative estimate of drug-likeness (QED) is 0.464. The third-order valence-corrected chi connectivity index (χ3v) is 8.41. The third kappa shape index (κ3) is 4.75. The van der Waals surface area contributed by atoms with Gasteiger partial charge in [-0.1, -0.05) is 30.3 Å². The van der Waals surface area contributed by atoms with Gasteiger partial charge in [0.25, 0.3) is 20.0 Å². The van der Waals surface area contributed by atoms with Crippen LogP contribution < -0.4 is 9.44 Å². The molecular weight excluding hydrogens is 532 g/mol. The van der Waals surface area contributed by atoms with E-state index >= 15 is 0 Å². The average molecular weight is 546 g/mol. The minimum Gasteiger partial charge on any atom is -0.280 e. The Hall–Kier alpha value is -1.88. The van der Waals surface area contributed by atoms with Crippen molar-refractivity contribution in [2.75, 3.05) is 9.44 Å². The normalized spacial score (nSPS) is 11.8. The monoisotopic (exact) mass is 544 g/mol. The van der Waals surface area contributed by atoms with E-state index in [4.69, 9.17) is 0 Å². The number of hydrogen-bond acceptors (Lipinski definition) is 4. The summed E-state index contributed by atoms with van der Waals surface area (Å²) in [5.41, 5.74) is 0.450. The first-order valence-corrected chi connectivity index (χ1v) is 12.4. The smallest absolute Gasteiger partial charge is 0.263 e. The highest BCUT2D eigenvalue weighted by Crippen LogP contribution is 2.27. The SMILES string of the molecule is O=S(=O)(Nc1cccc(NS(=O)(=O)c2ccccc2Br)c1)c1ccccc1Br. The van der Waals surface area contributed by atoms with Gasteiger partial charge in [-0.25, -0.2) is 16.8 Å². The molecule has 0 aromatic heterocycles. The number of hydrogen-bond donors (Lipinski definition) is 2. The van der Waals surface area contributed by atoms with E-state index in [1.165, 1.54) is 30.3 Å². The number of nitrogens with one attached hydrogen (secondary N) is 2. The molecule has 10 heteroatoms. The molecule has 0 unspecified atom stereocenters. The Morgan fingerprint density at radius 2 is 0.964 bits per heavy atom. The standard InChI is InChI=1S/C18H14Br2N2O4S2/c19-15-8-1-3-10-17(15)27(23,24)21-13-6-5-7-14(12-13)22-28(25,26)18-11-4-2-9-16(18)20/h1-12,21-22H. The van der Waals surface area contributed by atoms with Crippen molar-refractivity contribution in [1.82, 2.24) is 0 Å². The molecule has 0 radical (unpaired) electrons. The van der Waals surface area contributed by atoms with Gasteiger partial charge in [0.15, 0.2) is 0 Å². The zero-order valence-corrected chi connectivity index (χ0v) is 18.9. The molecule has 0 aliphatic heterocycles. The minimum atomic E-state index is -3.84. The predicted molar refractivity (Wildman–Crippen MR) is 116 cm³/mol. The van der Waals surface area contributed by atoms with Gasteiger partial charge in [0.1, 0.15) is 9.79 Å². The van der Waals surface area contributed by atoms with Crippen LogP contribution in [0, 0.1) is 0 Å². The summed E-state index contributed by atoms with van der Waals surface area (Å²) in [5, 5.41) is 0. The Morgan fingerprint density at radius 1 is 0.571 bits per heavy atom. The summed E-state index contributed by atoms with van der Waals surface area (Å²) >= 11 is 6.43. The van der Waals surface area contributed by atoms with Gasteiger partial charge in [-0.05, 0) is 74.3 Å². The van der Waals surface area contributed by atoms with E-state index in [2.05, 4.69) is 41.3 Å². The van der Waals surface area contributed by atoms with Gasteiger partial charge in [0, 0.05) is 8.95 Å². The van der Waals surface area contributed by atoms with Crippen LogP contribution in [-0.2, 0) is 20.0 Å². The second-order valence-corrected chi connectivity index (χ2v) is 10.7. The highest BCUT2D eigenvalue weighted by atomic mass is 79.9. The van der Waals surface area contributed by atoms with Crippen LogP contribution in [0.2, 0.25) is 0 Å². The molecule has 0 aliphatic carbocycles. The number of rotatable bonds is 6. The highest BCUT2D eigenvalue weighted by molar-refractivity contribution is 9.10. The van der Waals surface area contributed by atoms with Crippen LogP contribution in [0.4, 0.5) is 11.4 Å². The molecule has 0 saturated carbocycles. The summed E-state index contributed by atoms with van der Waals surface area (Å²) in [7, 11) is -7.69. The van der Waals surface area contributed by atoms with Crippen LogP contribution in [0.5, 0.6) is 0 Å². The van der Waals surface area contributed by atoms with Gasteiger partial charge in [0.2, 0.25) is 0 Å². The molecular formula is C18H14Br2N2O4S2. The van der Waals surface area contributed by atoms with Crippen LogP contribution >= 0.6 is 31.9 Å². The summed E-state index contributed by atoms with van der Waals surface area (Å²) in [5.74, 6) is 0. The Balaban J connectivity index is 1.87. The van der Waals surface area contributed by atoms with Crippen molar-refractivity contribution >= 4 is 63.3 Å². The summed E-state index contributed by atoms with van der Waals surface area (Å²) in [6.45, 7) is 0. The Kier molecular flexibility index (Phi) is 6.13. The molecule has 6 nitrogen and oxygen atoms in total. The maximum Gasteiger partial charge on any atom is 0.263 e. The summed E-state index contributed by atoms with van der Waals surface area (Å²) in [4.78, 5) is 0.156. The lowest BCUT2D eigenvalue weighted by molar-refractivity contribution is 0.599. The van der Waals surface area contributed by atoms with Gasteiger partial charge < -0.3 is 0 Å². The van der Waals surface area contributed by atoms with Gasteiger partial charge in [-0.15, -0.1) is 0 Å². The molecule has 0 spiro atoms. The molecule has 3 rings (SSSR count). The molecule has 0 aliphatic rings. The van der Waals surface area contributed by atoms with E-state index in [9.17, 15) is 16.8 Å². The lowest BCUT2D eigenvalue weighted by Gasteiger charge is -2.12. The summed E-state index contributed by atoms with van der Waals surface area (Å²) < 4.78 is 56.1. The molecule has 3 aromatic carbocycles. The lowest BCUT2D eigenvalue weighted by atomic mass is 10.3. The molecule has 28 heavy (non-hydrogen) atoms. The van der Waals surface area contributed by atoms with Crippen molar-refractivity contribution in [1.29, 1.82) is 0 Å². The number of benzene rings is 3. The number of halogens is 2. The van der Waals surface area contributed by atoms with Crippen molar-refractivity contribution in [2.45, 2.75) is 9.79 Å². The molecule has 2 N–H and O–H groups in total. The van der Waals surface area contributed by atoms with E-state index in [1.54, 1.807) is 42.5 Å². The Bertz CT molecular complexity index is 1140. The fraction of sp³-hybridized carbons (Fsp3) is 0. The number of anilines is 2. The van der Waals surface area contributed by atoms with Gasteiger partial charge in [-0.2, -0.15) is 0 Å². The molecule has 0 amide bonds. The van der Waals surface area contributed by atoms with E-state index in [0.717, 1.165) is 0 Å². The molecule has 0 heterocycles. The van der Waals surface area contributed by atoms with Crippen molar-refractivity contribution in [3.8, 4) is 0 Å². The molecule has 0 bridgehead atoms. The van der Waals surface area contributed by atoms with Gasteiger partial charge in [-0.3, -0.25) is 9.44 Å². The second kappa shape index (κ2) is 8.24.